The van der Waals surface area contributed by atoms with Gasteiger partial charge in [0.1, 0.15) is 5.75 Å². The fourth-order valence-electron chi connectivity index (χ4n) is 2.41. The summed E-state index contributed by atoms with van der Waals surface area (Å²) in [6.07, 6.45) is 0.355. The van der Waals surface area contributed by atoms with Gasteiger partial charge in [0.15, 0.2) is 0 Å². The minimum Gasteiger partial charge on any atom is -0.494 e. The first-order valence-electron chi connectivity index (χ1n) is 7.02. The number of hydrogen-bond donors (Lipinski definition) is 2. The van der Waals surface area contributed by atoms with Crippen molar-refractivity contribution in [1.82, 2.24) is 4.90 Å². The summed E-state index contributed by atoms with van der Waals surface area (Å²) in [5, 5.41) is 9.89. The summed E-state index contributed by atoms with van der Waals surface area (Å²) in [6.45, 7) is 5.44. The molecule has 1 saturated heterocycles. The normalized spacial score (nSPS) is 22.6. The van der Waals surface area contributed by atoms with Gasteiger partial charge in [-0.05, 0) is 31.4 Å². The molecule has 1 heterocycles. The number of nitrogens with zero attached hydrogens (tertiary/aromatic N) is 1. The number of nitrogens with two attached hydrogens (primary N) is 1. The topological polar surface area (TPSA) is 75.8 Å². The predicted molar refractivity (Wildman–Crippen MR) is 77.7 cm³/mol. The Morgan fingerprint density at radius 2 is 2.25 bits per heavy atom. The number of aliphatic hydroxyl groups is 1. The maximum atomic E-state index is 12.5. The molecular weight excluding hydrogens is 256 g/mol. The lowest BCUT2D eigenvalue weighted by Gasteiger charge is -2.34. The van der Waals surface area contributed by atoms with E-state index in [1.54, 1.807) is 23.1 Å². The molecule has 5 nitrogen and oxygen atoms in total. The molecule has 20 heavy (non-hydrogen) atoms. The molecule has 1 fully saturated rings. The van der Waals surface area contributed by atoms with E-state index in [-0.39, 0.29) is 11.8 Å². The summed E-state index contributed by atoms with van der Waals surface area (Å²) < 4.78 is 5.40. The summed E-state index contributed by atoms with van der Waals surface area (Å²) in [4.78, 5) is 14.1. The van der Waals surface area contributed by atoms with Crippen LogP contribution in [0.4, 0.5) is 5.69 Å². The highest BCUT2D eigenvalue weighted by Crippen LogP contribution is 2.23. The van der Waals surface area contributed by atoms with Crippen LogP contribution < -0.4 is 10.5 Å². The predicted octanol–water partition coefficient (Wildman–Crippen LogP) is 1.51. The van der Waals surface area contributed by atoms with E-state index < -0.39 is 6.10 Å². The van der Waals surface area contributed by atoms with Gasteiger partial charge in [0.05, 0.1) is 12.7 Å². The number of carbonyl (C=O) groups is 1. The van der Waals surface area contributed by atoms with E-state index in [1.807, 2.05) is 13.8 Å². The molecule has 2 rings (SSSR count). The van der Waals surface area contributed by atoms with Crippen LogP contribution in [-0.4, -0.2) is 41.7 Å². The SMILES string of the molecule is CCOc1cc(N)cc(C(=O)N2CCC(C)C(O)C2)c1. The molecule has 3 N–H and O–H groups in total. The Morgan fingerprint density at radius 3 is 2.90 bits per heavy atom. The van der Waals surface area contributed by atoms with E-state index in [0.717, 1.165) is 6.42 Å². The van der Waals surface area contributed by atoms with E-state index in [1.165, 1.54) is 0 Å². The quantitative estimate of drug-likeness (QED) is 0.822. The van der Waals surface area contributed by atoms with Crippen molar-refractivity contribution < 1.29 is 14.6 Å². The molecule has 1 aliphatic heterocycles. The molecule has 0 saturated carbocycles. The lowest BCUT2D eigenvalue weighted by atomic mass is 9.95. The molecule has 0 aromatic heterocycles. The molecule has 1 amide bonds. The fourth-order valence-corrected chi connectivity index (χ4v) is 2.41. The Balaban J connectivity index is 2.16. The van der Waals surface area contributed by atoms with Crippen molar-refractivity contribution in [2.24, 2.45) is 5.92 Å². The van der Waals surface area contributed by atoms with Gasteiger partial charge in [-0.15, -0.1) is 0 Å². The van der Waals surface area contributed by atoms with Gasteiger partial charge >= 0.3 is 0 Å². The van der Waals surface area contributed by atoms with Gasteiger partial charge in [0, 0.05) is 30.4 Å². The van der Waals surface area contributed by atoms with Gasteiger partial charge in [-0.3, -0.25) is 4.79 Å². The van der Waals surface area contributed by atoms with Crippen LogP contribution in [0.2, 0.25) is 0 Å². The monoisotopic (exact) mass is 278 g/mol. The number of piperidine rings is 1. The zero-order valence-electron chi connectivity index (χ0n) is 12.0. The Labute approximate surface area is 119 Å². The van der Waals surface area contributed by atoms with Gasteiger partial charge in [-0.1, -0.05) is 6.92 Å². The Morgan fingerprint density at radius 1 is 1.50 bits per heavy atom. The number of amides is 1. The Hall–Kier alpha value is -1.75. The number of rotatable bonds is 3. The summed E-state index contributed by atoms with van der Waals surface area (Å²) in [5.74, 6) is 0.727. The number of β-amino-alcohol motifs (C(OH)–C–C–N with tert-alkyl or cyclic N) is 1. The maximum absolute atomic E-state index is 12.5. The maximum Gasteiger partial charge on any atom is 0.254 e. The van der Waals surface area contributed by atoms with Crippen LogP contribution in [-0.2, 0) is 0 Å². The molecule has 2 unspecified atom stereocenters. The molecule has 1 aliphatic rings. The van der Waals surface area contributed by atoms with Crippen molar-refractivity contribution in [3.63, 3.8) is 0 Å². The summed E-state index contributed by atoms with van der Waals surface area (Å²) >= 11 is 0. The molecule has 0 bridgehead atoms. The summed E-state index contributed by atoms with van der Waals surface area (Å²) in [6, 6.07) is 5.05. The van der Waals surface area contributed by atoms with Gasteiger partial charge < -0.3 is 20.5 Å². The average molecular weight is 278 g/mol. The van der Waals surface area contributed by atoms with Crippen molar-refractivity contribution >= 4 is 11.6 Å². The lowest BCUT2D eigenvalue weighted by molar-refractivity contribution is 0.0248. The van der Waals surface area contributed by atoms with Crippen LogP contribution in [0.15, 0.2) is 18.2 Å². The summed E-state index contributed by atoms with van der Waals surface area (Å²) in [5.41, 5.74) is 6.82. The minimum absolute atomic E-state index is 0.107. The molecule has 1 aromatic carbocycles. The van der Waals surface area contributed by atoms with Gasteiger partial charge in [0.25, 0.3) is 5.91 Å². The van der Waals surface area contributed by atoms with E-state index in [0.29, 0.717) is 36.7 Å². The molecule has 0 radical (unpaired) electrons. The molecular formula is C15H22N2O3. The molecule has 0 spiro atoms. The Bertz CT molecular complexity index is 490. The van der Waals surface area contributed by atoms with E-state index in [9.17, 15) is 9.90 Å². The molecule has 0 aliphatic carbocycles. The number of ether oxygens (including phenoxy) is 1. The number of benzene rings is 1. The van der Waals surface area contributed by atoms with Crippen LogP contribution in [0.5, 0.6) is 5.75 Å². The molecule has 5 heteroatoms. The third-order valence-corrected chi connectivity index (χ3v) is 3.69. The van der Waals surface area contributed by atoms with Crippen LogP contribution in [0.3, 0.4) is 0 Å². The largest absolute Gasteiger partial charge is 0.494 e. The van der Waals surface area contributed by atoms with Crippen LogP contribution in [0.1, 0.15) is 30.6 Å². The average Bonchev–Trinajstić information content (AvgIpc) is 2.41. The number of likely N-dealkylation sites (tertiary alicyclic amines) is 1. The van der Waals surface area contributed by atoms with E-state index in [4.69, 9.17) is 10.5 Å². The number of hydrogen-bond acceptors (Lipinski definition) is 4. The van der Waals surface area contributed by atoms with Crippen LogP contribution >= 0.6 is 0 Å². The second kappa shape index (κ2) is 6.13. The standard InChI is InChI=1S/C15H22N2O3/c1-3-20-13-7-11(6-12(16)8-13)15(19)17-5-4-10(2)14(18)9-17/h6-8,10,14,18H,3-5,9,16H2,1-2H3. The molecule has 110 valence electrons. The first-order valence-corrected chi connectivity index (χ1v) is 7.02. The number of anilines is 1. The second-order valence-corrected chi connectivity index (χ2v) is 5.31. The lowest BCUT2D eigenvalue weighted by Crippen LogP contribution is -2.45. The molecule has 2 atom stereocenters. The van der Waals surface area contributed by atoms with Gasteiger partial charge in [-0.2, -0.15) is 0 Å². The van der Waals surface area contributed by atoms with Crippen LogP contribution in [0, 0.1) is 5.92 Å². The van der Waals surface area contributed by atoms with Crippen molar-refractivity contribution in [2.75, 3.05) is 25.4 Å². The number of carbonyl (C=O) groups excluding carboxylic acids is 1. The van der Waals surface area contributed by atoms with E-state index in [2.05, 4.69) is 0 Å². The first kappa shape index (κ1) is 14.7. The number of nitrogen functional groups attached to an aromatic ring is 1. The third-order valence-electron chi connectivity index (χ3n) is 3.69. The van der Waals surface area contributed by atoms with Crippen molar-refractivity contribution in [2.45, 2.75) is 26.4 Å². The smallest absolute Gasteiger partial charge is 0.254 e. The zero-order chi connectivity index (χ0) is 14.7. The zero-order valence-corrected chi connectivity index (χ0v) is 12.0. The second-order valence-electron chi connectivity index (χ2n) is 5.31. The highest BCUT2D eigenvalue weighted by molar-refractivity contribution is 5.95. The van der Waals surface area contributed by atoms with Gasteiger partial charge in [0.2, 0.25) is 0 Å². The van der Waals surface area contributed by atoms with Gasteiger partial charge in [-0.25, -0.2) is 0 Å². The minimum atomic E-state index is -0.458. The highest BCUT2D eigenvalue weighted by Gasteiger charge is 2.28. The Kier molecular flexibility index (Phi) is 4.49. The third kappa shape index (κ3) is 3.22. The van der Waals surface area contributed by atoms with Crippen LogP contribution in [0.25, 0.3) is 0 Å². The number of aliphatic hydroxyl groups excluding tert-OH is 1. The van der Waals surface area contributed by atoms with E-state index >= 15 is 0 Å². The van der Waals surface area contributed by atoms with Crippen molar-refractivity contribution in [3.05, 3.63) is 23.8 Å². The molecule has 1 aromatic rings. The van der Waals surface area contributed by atoms with Crippen molar-refractivity contribution in [3.8, 4) is 5.75 Å². The fraction of sp³-hybridized carbons (Fsp3) is 0.533. The summed E-state index contributed by atoms with van der Waals surface area (Å²) in [7, 11) is 0. The highest BCUT2D eigenvalue weighted by atomic mass is 16.5. The van der Waals surface area contributed by atoms with Crippen molar-refractivity contribution in [1.29, 1.82) is 0 Å². The first-order chi connectivity index (χ1) is 9.51.